The molecular formula is C12H20O4. The molecule has 4 nitrogen and oxygen atoms in total. The average Bonchev–Trinajstić information content (AvgIpc) is 1.97. The van der Waals surface area contributed by atoms with Crippen LogP contribution in [0.3, 0.4) is 0 Å². The normalized spacial score (nSPS) is 18.5. The number of carbonyl (C=O) groups excluding carboxylic acids is 2. The van der Waals surface area contributed by atoms with Crippen molar-refractivity contribution in [1.29, 1.82) is 0 Å². The minimum absolute atomic E-state index is 0.295. The predicted octanol–water partition coefficient (Wildman–Crippen LogP) is 2.06. The zero-order chi connectivity index (χ0) is 12.4. The fourth-order valence-corrected chi connectivity index (χ4v) is 1.67. The second-order valence-electron chi connectivity index (χ2n) is 5.16. The van der Waals surface area contributed by atoms with Crippen molar-refractivity contribution < 1.29 is 19.1 Å². The van der Waals surface area contributed by atoms with Gasteiger partial charge in [0.1, 0.15) is 5.60 Å². The first-order valence-electron chi connectivity index (χ1n) is 5.72. The molecule has 0 amide bonds. The standard InChI is InChI=1S/C12H20O4/c1-5-15-9(13)12(7-6-8-12)10(14)16-11(2,3)4/h5-8H2,1-4H3. The highest BCUT2D eigenvalue weighted by Crippen LogP contribution is 2.44. The molecule has 0 aromatic heterocycles. The lowest BCUT2D eigenvalue weighted by molar-refractivity contribution is -0.186. The van der Waals surface area contributed by atoms with Gasteiger partial charge < -0.3 is 9.47 Å². The molecule has 0 bridgehead atoms. The Balaban J connectivity index is 2.73. The lowest BCUT2D eigenvalue weighted by Gasteiger charge is -2.38. The third-order valence-corrected chi connectivity index (χ3v) is 2.66. The third kappa shape index (κ3) is 2.54. The van der Waals surface area contributed by atoms with Gasteiger partial charge in [-0.3, -0.25) is 9.59 Å². The van der Waals surface area contributed by atoms with Gasteiger partial charge in [-0.15, -0.1) is 0 Å². The molecule has 1 saturated carbocycles. The van der Waals surface area contributed by atoms with Crippen LogP contribution in [0.5, 0.6) is 0 Å². The molecule has 0 unspecified atom stereocenters. The van der Waals surface area contributed by atoms with Crippen LogP contribution in [-0.4, -0.2) is 24.1 Å². The third-order valence-electron chi connectivity index (χ3n) is 2.66. The molecule has 0 saturated heterocycles. The second-order valence-corrected chi connectivity index (χ2v) is 5.16. The molecule has 1 rings (SSSR count). The van der Waals surface area contributed by atoms with E-state index in [0.29, 0.717) is 19.4 Å². The summed E-state index contributed by atoms with van der Waals surface area (Å²) in [6, 6.07) is 0. The maximum Gasteiger partial charge on any atom is 0.324 e. The molecule has 1 fully saturated rings. The maximum atomic E-state index is 12.0. The minimum atomic E-state index is -1.02. The Bertz CT molecular complexity index is 284. The van der Waals surface area contributed by atoms with Gasteiger partial charge in [0.15, 0.2) is 5.41 Å². The molecule has 16 heavy (non-hydrogen) atoms. The van der Waals surface area contributed by atoms with Gasteiger partial charge in [-0.25, -0.2) is 0 Å². The van der Waals surface area contributed by atoms with E-state index in [0.717, 1.165) is 6.42 Å². The molecule has 0 radical (unpaired) electrons. The maximum absolute atomic E-state index is 12.0. The van der Waals surface area contributed by atoms with Crippen molar-refractivity contribution in [3.05, 3.63) is 0 Å². The summed E-state index contributed by atoms with van der Waals surface area (Å²) in [5.41, 5.74) is -1.59. The van der Waals surface area contributed by atoms with Crippen LogP contribution in [0, 0.1) is 5.41 Å². The van der Waals surface area contributed by atoms with Crippen molar-refractivity contribution in [2.24, 2.45) is 5.41 Å². The number of carbonyl (C=O) groups is 2. The fraction of sp³-hybridized carbons (Fsp3) is 0.833. The Morgan fingerprint density at radius 2 is 1.75 bits per heavy atom. The van der Waals surface area contributed by atoms with Gasteiger partial charge in [-0.2, -0.15) is 0 Å². The van der Waals surface area contributed by atoms with Crippen molar-refractivity contribution in [2.45, 2.75) is 52.6 Å². The topological polar surface area (TPSA) is 52.6 Å². The van der Waals surface area contributed by atoms with Gasteiger partial charge in [0, 0.05) is 0 Å². The molecule has 4 heteroatoms. The van der Waals surface area contributed by atoms with Gasteiger partial charge in [0.25, 0.3) is 0 Å². The number of rotatable bonds is 3. The zero-order valence-electron chi connectivity index (χ0n) is 10.5. The highest BCUT2D eigenvalue weighted by Gasteiger charge is 2.54. The van der Waals surface area contributed by atoms with E-state index >= 15 is 0 Å². The van der Waals surface area contributed by atoms with E-state index in [4.69, 9.17) is 9.47 Å². The molecule has 0 aromatic rings. The highest BCUT2D eigenvalue weighted by molar-refractivity contribution is 6.01. The monoisotopic (exact) mass is 228 g/mol. The Morgan fingerprint density at radius 3 is 2.06 bits per heavy atom. The van der Waals surface area contributed by atoms with Gasteiger partial charge >= 0.3 is 11.9 Å². The highest BCUT2D eigenvalue weighted by atomic mass is 16.6. The van der Waals surface area contributed by atoms with Crippen molar-refractivity contribution in [3.63, 3.8) is 0 Å². The van der Waals surface area contributed by atoms with Crippen LogP contribution in [0.2, 0.25) is 0 Å². The smallest absolute Gasteiger partial charge is 0.324 e. The molecule has 0 heterocycles. The van der Waals surface area contributed by atoms with Crippen molar-refractivity contribution >= 4 is 11.9 Å². The number of hydrogen-bond acceptors (Lipinski definition) is 4. The van der Waals surface area contributed by atoms with E-state index in [2.05, 4.69) is 0 Å². The summed E-state index contributed by atoms with van der Waals surface area (Å²) < 4.78 is 10.2. The average molecular weight is 228 g/mol. The number of hydrogen-bond donors (Lipinski definition) is 0. The SMILES string of the molecule is CCOC(=O)C1(C(=O)OC(C)(C)C)CCC1. The van der Waals surface area contributed by atoms with Crippen LogP contribution in [-0.2, 0) is 19.1 Å². The lowest BCUT2D eigenvalue weighted by atomic mass is 9.68. The number of ether oxygens (including phenoxy) is 2. The largest absolute Gasteiger partial charge is 0.465 e. The van der Waals surface area contributed by atoms with Crippen molar-refractivity contribution in [1.82, 2.24) is 0 Å². The lowest BCUT2D eigenvalue weighted by Crippen LogP contribution is -2.49. The summed E-state index contributed by atoms with van der Waals surface area (Å²) >= 11 is 0. The second kappa shape index (κ2) is 4.44. The molecule has 0 aromatic carbocycles. The molecule has 0 atom stereocenters. The molecule has 0 spiro atoms. The van der Waals surface area contributed by atoms with Gasteiger partial charge in [0.05, 0.1) is 6.61 Å². The van der Waals surface area contributed by atoms with E-state index in [1.54, 1.807) is 27.7 Å². The molecular weight excluding hydrogens is 208 g/mol. The van der Waals surface area contributed by atoms with Crippen molar-refractivity contribution in [2.75, 3.05) is 6.61 Å². The quantitative estimate of drug-likeness (QED) is 0.548. The molecule has 92 valence electrons. The van der Waals surface area contributed by atoms with E-state index < -0.39 is 23.0 Å². The Hall–Kier alpha value is -1.06. The number of esters is 2. The fourth-order valence-electron chi connectivity index (χ4n) is 1.67. The summed E-state index contributed by atoms with van der Waals surface area (Å²) in [6.45, 7) is 7.41. The van der Waals surface area contributed by atoms with E-state index in [9.17, 15) is 9.59 Å². The zero-order valence-corrected chi connectivity index (χ0v) is 10.5. The van der Waals surface area contributed by atoms with Gasteiger partial charge in [0.2, 0.25) is 0 Å². The van der Waals surface area contributed by atoms with Crippen LogP contribution in [0.1, 0.15) is 47.0 Å². The van der Waals surface area contributed by atoms with Crippen LogP contribution in [0.15, 0.2) is 0 Å². The van der Waals surface area contributed by atoms with Gasteiger partial charge in [-0.05, 0) is 47.0 Å². The van der Waals surface area contributed by atoms with Crippen LogP contribution in [0.4, 0.5) is 0 Å². The molecule has 0 aliphatic heterocycles. The summed E-state index contributed by atoms with van der Waals surface area (Å²) in [4.78, 5) is 23.7. The summed E-state index contributed by atoms with van der Waals surface area (Å²) in [5.74, 6) is -0.875. The Morgan fingerprint density at radius 1 is 1.19 bits per heavy atom. The van der Waals surface area contributed by atoms with Crippen LogP contribution >= 0.6 is 0 Å². The summed E-state index contributed by atoms with van der Waals surface area (Å²) in [6.07, 6.45) is 1.96. The van der Waals surface area contributed by atoms with Gasteiger partial charge in [-0.1, -0.05) is 0 Å². The first kappa shape index (κ1) is 13.0. The van der Waals surface area contributed by atoms with Crippen molar-refractivity contribution in [3.8, 4) is 0 Å². The Labute approximate surface area is 96.3 Å². The summed E-state index contributed by atoms with van der Waals surface area (Å²) in [7, 11) is 0. The van der Waals surface area contributed by atoms with E-state index in [1.807, 2.05) is 0 Å². The molecule has 1 aliphatic rings. The van der Waals surface area contributed by atoms with Crippen LogP contribution < -0.4 is 0 Å². The first-order chi connectivity index (χ1) is 7.32. The Kier molecular flexibility index (Phi) is 3.61. The van der Waals surface area contributed by atoms with E-state index in [1.165, 1.54) is 0 Å². The van der Waals surface area contributed by atoms with E-state index in [-0.39, 0.29) is 0 Å². The van der Waals surface area contributed by atoms with Crippen LogP contribution in [0.25, 0.3) is 0 Å². The summed E-state index contributed by atoms with van der Waals surface area (Å²) in [5, 5.41) is 0. The first-order valence-corrected chi connectivity index (χ1v) is 5.72. The predicted molar refractivity (Wildman–Crippen MR) is 58.8 cm³/mol. The molecule has 1 aliphatic carbocycles. The minimum Gasteiger partial charge on any atom is -0.465 e. The molecule has 0 N–H and O–H groups in total.